The molecule has 0 amide bonds. The maximum absolute atomic E-state index is 2.69. The fourth-order valence-corrected chi connectivity index (χ4v) is 3.83. The fraction of sp³-hybridized carbons (Fsp3) is 1.00. The van der Waals surface area contributed by atoms with E-state index < -0.39 is 0 Å². The van der Waals surface area contributed by atoms with Gasteiger partial charge in [-0.3, -0.25) is 0 Å². The average molecular weight is 268 g/mol. The van der Waals surface area contributed by atoms with Crippen molar-refractivity contribution in [2.24, 2.45) is 16.7 Å². The first-order valence-electron chi connectivity index (χ1n) is 7.94. The predicted octanol–water partition coefficient (Wildman–Crippen LogP) is 3.72. The summed E-state index contributed by atoms with van der Waals surface area (Å²) in [5, 5.41) is 0. The van der Waals surface area contributed by atoms with Gasteiger partial charge in [0.2, 0.25) is 0 Å². The number of hydrogen-bond acceptors (Lipinski definition) is 2. The molecule has 0 aliphatic carbocycles. The smallest absolute Gasteiger partial charge is 0.00302 e. The molecular formula is C17H36N2. The van der Waals surface area contributed by atoms with E-state index in [2.05, 4.69) is 58.5 Å². The zero-order valence-corrected chi connectivity index (χ0v) is 14.4. The quantitative estimate of drug-likeness (QED) is 0.750. The Kier molecular flexibility index (Phi) is 5.88. The van der Waals surface area contributed by atoms with Crippen molar-refractivity contribution in [3.63, 3.8) is 0 Å². The van der Waals surface area contributed by atoms with E-state index >= 15 is 0 Å². The maximum atomic E-state index is 2.69. The van der Waals surface area contributed by atoms with Crippen LogP contribution in [0.1, 0.15) is 53.9 Å². The first kappa shape index (κ1) is 17.0. The molecule has 114 valence electrons. The van der Waals surface area contributed by atoms with Crippen LogP contribution in [0.15, 0.2) is 0 Å². The van der Waals surface area contributed by atoms with Crippen LogP contribution in [0, 0.1) is 16.7 Å². The second-order valence-corrected chi connectivity index (χ2v) is 8.91. The highest BCUT2D eigenvalue weighted by Crippen LogP contribution is 2.32. The standard InChI is InChI=1S/C17H36N2/c1-16(2,3)13-19-10-8-9-15(12-19)11-17(4,5)14-18(6)7/h15H,8-14H2,1-7H3. The Morgan fingerprint density at radius 1 is 1.11 bits per heavy atom. The van der Waals surface area contributed by atoms with Gasteiger partial charge in [0.05, 0.1) is 0 Å². The topological polar surface area (TPSA) is 6.48 Å². The van der Waals surface area contributed by atoms with Crippen molar-refractivity contribution in [2.45, 2.75) is 53.9 Å². The number of piperidine rings is 1. The van der Waals surface area contributed by atoms with Gasteiger partial charge in [-0.05, 0) is 56.7 Å². The number of rotatable bonds is 5. The van der Waals surface area contributed by atoms with Crippen LogP contribution < -0.4 is 0 Å². The Bertz CT molecular complexity index is 263. The molecule has 2 heteroatoms. The van der Waals surface area contributed by atoms with Crippen LogP contribution in [-0.4, -0.2) is 50.1 Å². The van der Waals surface area contributed by atoms with E-state index in [4.69, 9.17) is 0 Å². The number of nitrogens with zero attached hydrogens (tertiary/aromatic N) is 2. The van der Waals surface area contributed by atoms with Crippen LogP contribution in [0.25, 0.3) is 0 Å². The van der Waals surface area contributed by atoms with Gasteiger partial charge in [0.1, 0.15) is 0 Å². The van der Waals surface area contributed by atoms with Crippen molar-refractivity contribution in [1.82, 2.24) is 9.80 Å². The first-order chi connectivity index (χ1) is 8.57. The third-order valence-corrected chi connectivity index (χ3v) is 3.89. The van der Waals surface area contributed by atoms with Gasteiger partial charge in [-0.2, -0.15) is 0 Å². The van der Waals surface area contributed by atoms with Gasteiger partial charge in [-0.1, -0.05) is 34.6 Å². The van der Waals surface area contributed by atoms with Crippen molar-refractivity contribution >= 4 is 0 Å². The van der Waals surface area contributed by atoms with Crippen molar-refractivity contribution in [3.05, 3.63) is 0 Å². The molecular weight excluding hydrogens is 232 g/mol. The minimum atomic E-state index is 0.432. The zero-order chi connectivity index (χ0) is 14.7. The first-order valence-corrected chi connectivity index (χ1v) is 7.94. The largest absolute Gasteiger partial charge is 0.309 e. The lowest BCUT2D eigenvalue weighted by atomic mass is 9.79. The Morgan fingerprint density at radius 3 is 2.26 bits per heavy atom. The molecule has 0 saturated carbocycles. The van der Waals surface area contributed by atoms with Crippen LogP contribution in [0.3, 0.4) is 0 Å². The highest BCUT2D eigenvalue weighted by Gasteiger charge is 2.29. The molecule has 1 aliphatic rings. The molecule has 0 spiro atoms. The number of hydrogen-bond donors (Lipinski definition) is 0. The summed E-state index contributed by atoms with van der Waals surface area (Å²) in [6.07, 6.45) is 4.18. The van der Waals surface area contributed by atoms with Gasteiger partial charge in [-0.15, -0.1) is 0 Å². The van der Waals surface area contributed by atoms with E-state index in [1.807, 2.05) is 0 Å². The van der Waals surface area contributed by atoms with Gasteiger partial charge in [0, 0.05) is 19.6 Å². The summed E-state index contributed by atoms with van der Waals surface area (Å²) in [7, 11) is 4.38. The molecule has 1 rings (SSSR count). The molecule has 1 unspecified atom stereocenters. The third kappa shape index (κ3) is 7.31. The Labute approximate surface area is 121 Å². The van der Waals surface area contributed by atoms with E-state index in [1.165, 1.54) is 45.4 Å². The van der Waals surface area contributed by atoms with Gasteiger partial charge >= 0.3 is 0 Å². The molecule has 0 aromatic carbocycles. The van der Waals surface area contributed by atoms with E-state index in [0.29, 0.717) is 10.8 Å². The molecule has 2 nitrogen and oxygen atoms in total. The van der Waals surface area contributed by atoms with E-state index in [9.17, 15) is 0 Å². The summed E-state index contributed by atoms with van der Waals surface area (Å²) < 4.78 is 0. The summed E-state index contributed by atoms with van der Waals surface area (Å²) in [4.78, 5) is 5.02. The predicted molar refractivity (Wildman–Crippen MR) is 85.6 cm³/mol. The molecule has 19 heavy (non-hydrogen) atoms. The Morgan fingerprint density at radius 2 is 1.74 bits per heavy atom. The highest BCUT2D eigenvalue weighted by atomic mass is 15.1. The van der Waals surface area contributed by atoms with Crippen molar-refractivity contribution in [3.8, 4) is 0 Å². The molecule has 1 saturated heterocycles. The van der Waals surface area contributed by atoms with E-state index in [-0.39, 0.29) is 0 Å². The van der Waals surface area contributed by atoms with Gasteiger partial charge in [0.15, 0.2) is 0 Å². The lowest BCUT2D eigenvalue weighted by Gasteiger charge is -2.40. The Balaban J connectivity index is 2.46. The third-order valence-electron chi connectivity index (χ3n) is 3.89. The Hall–Kier alpha value is -0.0800. The van der Waals surface area contributed by atoms with Crippen LogP contribution in [0.4, 0.5) is 0 Å². The van der Waals surface area contributed by atoms with Gasteiger partial charge in [0.25, 0.3) is 0 Å². The second-order valence-electron chi connectivity index (χ2n) is 8.91. The van der Waals surface area contributed by atoms with Crippen LogP contribution >= 0.6 is 0 Å². The van der Waals surface area contributed by atoms with Crippen LogP contribution in [0.5, 0.6) is 0 Å². The molecule has 0 aromatic rings. The SMILES string of the molecule is CN(C)CC(C)(C)CC1CCCN(CC(C)(C)C)C1. The van der Waals surface area contributed by atoms with Crippen molar-refractivity contribution in [2.75, 3.05) is 40.3 Å². The summed E-state index contributed by atoms with van der Waals surface area (Å²) in [6.45, 7) is 17.0. The normalized spacial score (nSPS) is 23.1. The molecule has 1 heterocycles. The highest BCUT2D eigenvalue weighted by molar-refractivity contribution is 4.82. The van der Waals surface area contributed by atoms with E-state index in [1.54, 1.807) is 0 Å². The second kappa shape index (κ2) is 6.58. The van der Waals surface area contributed by atoms with E-state index in [0.717, 1.165) is 5.92 Å². The molecule has 1 fully saturated rings. The molecule has 1 aliphatic heterocycles. The lowest BCUT2D eigenvalue weighted by molar-refractivity contribution is 0.0956. The summed E-state index contributed by atoms with van der Waals surface area (Å²) >= 11 is 0. The van der Waals surface area contributed by atoms with Crippen LogP contribution in [-0.2, 0) is 0 Å². The molecule has 0 bridgehead atoms. The average Bonchev–Trinajstić information content (AvgIpc) is 2.11. The van der Waals surface area contributed by atoms with Crippen molar-refractivity contribution in [1.29, 1.82) is 0 Å². The van der Waals surface area contributed by atoms with Gasteiger partial charge < -0.3 is 9.80 Å². The fourth-order valence-electron chi connectivity index (χ4n) is 3.83. The molecule has 0 aromatic heterocycles. The summed E-state index contributed by atoms with van der Waals surface area (Å²) in [6, 6.07) is 0. The maximum Gasteiger partial charge on any atom is 0.00302 e. The minimum Gasteiger partial charge on any atom is -0.309 e. The summed E-state index contributed by atoms with van der Waals surface area (Å²) in [5.74, 6) is 0.894. The van der Waals surface area contributed by atoms with Crippen LogP contribution in [0.2, 0.25) is 0 Å². The lowest BCUT2D eigenvalue weighted by Crippen LogP contribution is -2.42. The zero-order valence-electron chi connectivity index (χ0n) is 14.4. The summed E-state index contributed by atoms with van der Waals surface area (Å²) in [5.41, 5.74) is 0.875. The number of likely N-dealkylation sites (tertiary alicyclic amines) is 1. The minimum absolute atomic E-state index is 0.432. The monoisotopic (exact) mass is 268 g/mol. The molecule has 1 atom stereocenters. The van der Waals surface area contributed by atoms with Gasteiger partial charge in [-0.25, -0.2) is 0 Å². The molecule has 0 N–H and O–H groups in total. The van der Waals surface area contributed by atoms with Crippen molar-refractivity contribution < 1.29 is 0 Å². The molecule has 0 radical (unpaired) electrons.